The topological polar surface area (TPSA) is 70.3 Å². The Balaban J connectivity index is 2.08. The van der Waals surface area contributed by atoms with Crippen LogP contribution in [0.1, 0.15) is 12.5 Å². The van der Waals surface area contributed by atoms with Crippen LogP contribution in [0.15, 0.2) is 36.7 Å². The van der Waals surface area contributed by atoms with E-state index in [2.05, 4.69) is 9.97 Å². The molecule has 2 aromatic rings. The van der Waals surface area contributed by atoms with Gasteiger partial charge in [-0.2, -0.15) is 9.97 Å². The number of nitrogens with zero attached hydrogens (tertiary/aromatic N) is 2. The number of hydrogen-bond acceptors (Lipinski definition) is 5. The van der Waals surface area contributed by atoms with Crippen molar-refractivity contribution in [3.63, 3.8) is 0 Å². The minimum Gasteiger partial charge on any atom is -0.476 e. The van der Waals surface area contributed by atoms with Gasteiger partial charge < -0.3 is 15.2 Å². The molecule has 1 heterocycles. The smallest absolute Gasteiger partial charge is 0.244 e. The van der Waals surface area contributed by atoms with Gasteiger partial charge in [-0.3, -0.25) is 0 Å². The van der Waals surface area contributed by atoms with Crippen LogP contribution in [0, 0.1) is 0 Å². The molecule has 0 aliphatic rings. The molecule has 0 aliphatic carbocycles. The molecule has 2 rings (SSSR count). The van der Waals surface area contributed by atoms with Gasteiger partial charge in [0.05, 0.1) is 6.61 Å². The van der Waals surface area contributed by atoms with Crippen molar-refractivity contribution in [3.8, 4) is 11.8 Å². The SMILES string of the molecule is CCOc1ncnc(OCc2ccccc2)c1N. The Morgan fingerprint density at radius 1 is 1.06 bits per heavy atom. The number of aromatic nitrogens is 2. The molecule has 1 aromatic carbocycles. The third-order valence-electron chi connectivity index (χ3n) is 2.31. The van der Waals surface area contributed by atoms with Gasteiger partial charge in [0.2, 0.25) is 11.8 Å². The molecule has 2 N–H and O–H groups in total. The molecule has 18 heavy (non-hydrogen) atoms. The maximum Gasteiger partial charge on any atom is 0.244 e. The highest BCUT2D eigenvalue weighted by Gasteiger charge is 2.09. The summed E-state index contributed by atoms with van der Waals surface area (Å²) in [6.45, 7) is 2.78. The zero-order valence-electron chi connectivity index (χ0n) is 10.2. The van der Waals surface area contributed by atoms with Crippen LogP contribution in [0.3, 0.4) is 0 Å². The zero-order chi connectivity index (χ0) is 12.8. The molecule has 0 fully saturated rings. The number of ether oxygens (including phenoxy) is 2. The summed E-state index contributed by atoms with van der Waals surface area (Å²) >= 11 is 0. The highest BCUT2D eigenvalue weighted by molar-refractivity contribution is 5.55. The highest BCUT2D eigenvalue weighted by Crippen LogP contribution is 2.26. The molecule has 94 valence electrons. The van der Waals surface area contributed by atoms with Crippen molar-refractivity contribution in [2.45, 2.75) is 13.5 Å². The molecule has 0 bridgehead atoms. The summed E-state index contributed by atoms with van der Waals surface area (Å²) in [7, 11) is 0. The molecule has 5 nitrogen and oxygen atoms in total. The standard InChI is InChI=1S/C13H15N3O2/c1-2-17-12-11(14)13(16-9-15-12)18-8-10-6-4-3-5-7-10/h3-7,9H,2,8,14H2,1H3. The minimum atomic E-state index is 0.329. The fourth-order valence-electron chi connectivity index (χ4n) is 1.46. The number of hydrogen-bond donors (Lipinski definition) is 1. The normalized spacial score (nSPS) is 10.1. The highest BCUT2D eigenvalue weighted by atomic mass is 16.5. The van der Waals surface area contributed by atoms with Gasteiger partial charge >= 0.3 is 0 Å². The molecular formula is C13H15N3O2. The average Bonchev–Trinajstić information content (AvgIpc) is 2.41. The molecule has 0 atom stereocenters. The quantitative estimate of drug-likeness (QED) is 0.872. The monoisotopic (exact) mass is 245 g/mol. The molecule has 0 amide bonds. The summed E-state index contributed by atoms with van der Waals surface area (Å²) < 4.78 is 10.8. The van der Waals surface area contributed by atoms with Crippen molar-refractivity contribution in [3.05, 3.63) is 42.2 Å². The Bertz CT molecular complexity index is 503. The Kier molecular flexibility index (Phi) is 3.96. The molecule has 0 spiro atoms. The molecule has 0 unspecified atom stereocenters. The van der Waals surface area contributed by atoms with Gasteiger partial charge in [-0.15, -0.1) is 0 Å². The van der Waals surface area contributed by atoms with Crippen molar-refractivity contribution in [2.75, 3.05) is 12.3 Å². The zero-order valence-corrected chi connectivity index (χ0v) is 10.2. The summed E-state index contributed by atoms with van der Waals surface area (Å²) in [5.74, 6) is 0.702. The molecule has 1 aromatic heterocycles. The van der Waals surface area contributed by atoms with E-state index in [1.54, 1.807) is 0 Å². The molecule has 0 saturated carbocycles. The van der Waals surface area contributed by atoms with Gasteiger partial charge in [-0.1, -0.05) is 30.3 Å². The number of nitrogen functional groups attached to an aromatic ring is 1. The number of nitrogens with two attached hydrogens (primary N) is 1. The van der Waals surface area contributed by atoms with E-state index in [4.69, 9.17) is 15.2 Å². The van der Waals surface area contributed by atoms with E-state index in [0.29, 0.717) is 30.7 Å². The fourth-order valence-corrected chi connectivity index (χ4v) is 1.46. The number of rotatable bonds is 5. The Morgan fingerprint density at radius 3 is 2.39 bits per heavy atom. The second-order valence-electron chi connectivity index (χ2n) is 3.60. The first kappa shape index (κ1) is 12.2. The van der Waals surface area contributed by atoms with Gasteiger partial charge in [0.1, 0.15) is 12.9 Å². The van der Waals surface area contributed by atoms with Crippen LogP contribution in [-0.2, 0) is 6.61 Å². The fraction of sp³-hybridized carbons (Fsp3) is 0.231. The van der Waals surface area contributed by atoms with Crippen LogP contribution in [0.5, 0.6) is 11.8 Å². The Morgan fingerprint density at radius 2 is 1.72 bits per heavy atom. The molecular weight excluding hydrogens is 230 g/mol. The van der Waals surface area contributed by atoms with E-state index >= 15 is 0 Å². The van der Waals surface area contributed by atoms with E-state index in [1.807, 2.05) is 37.3 Å². The summed E-state index contributed by atoms with van der Waals surface area (Å²) in [5, 5.41) is 0. The van der Waals surface area contributed by atoms with Crippen molar-refractivity contribution >= 4 is 5.69 Å². The lowest BCUT2D eigenvalue weighted by atomic mass is 10.2. The van der Waals surface area contributed by atoms with E-state index < -0.39 is 0 Å². The molecule has 0 radical (unpaired) electrons. The van der Waals surface area contributed by atoms with Crippen molar-refractivity contribution in [1.29, 1.82) is 0 Å². The molecule has 0 saturated heterocycles. The Hall–Kier alpha value is -2.30. The van der Waals surface area contributed by atoms with Gasteiger partial charge in [0.15, 0.2) is 5.69 Å². The lowest BCUT2D eigenvalue weighted by Crippen LogP contribution is -2.05. The first-order valence-electron chi connectivity index (χ1n) is 5.71. The maximum absolute atomic E-state index is 5.86. The van der Waals surface area contributed by atoms with E-state index in [-0.39, 0.29) is 0 Å². The maximum atomic E-state index is 5.86. The van der Waals surface area contributed by atoms with Crippen molar-refractivity contribution < 1.29 is 9.47 Å². The minimum absolute atomic E-state index is 0.329. The van der Waals surface area contributed by atoms with Gasteiger partial charge in [-0.05, 0) is 12.5 Å². The van der Waals surface area contributed by atoms with Crippen molar-refractivity contribution in [1.82, 2.24) is 9.97 Å². The summed E-state index contributed by atoms with van der Waals surface area (Å²) in [6, 6.07) is 9.80. The van der Waals surface area contributed by atoms with Crippen LogP contribution < -0.4 is 15.2 Å². The van der Waals surface area contributed by atoms with Crippen LogP contribution in [0.2, 0.25) is 0 Å². The number of anilines is 1. The first-order chi connectivity index (χ1) is 8.81. The van der Waals surface area contributed by atoms with Gasteiger partial charge in [0.25, 0.3) is 0 Å². The second-order valence-corrected chi connectivity index (χ2v) is 3.60. The third kappa shape index (κ3) is 2.88. The molecule has 0 aliphatic heterocycles. The van der Waals surface area contributed by atoms with E-state index in [1.165, 1.54) is 6.33 Å². The van der Waals surface area contributed by atoms with Crippen LogP contribution >= 0.6 is 0 Å². The van der Waals surface area contributed by atoms with Crippen molar-refractivity contribution in [2.24, 2.45) is 0 Å². The average molecular weight is 245 g/mol. The summed E-state index contributed by atoms with van der Waals surface area (Å²) in [5.41, 5.74) is 7.24. The first-order valence-corrected chi connectivity index (χ1v) is 5.71. The molecule has 5 heteroatoms. The predicted octanol–water partition coefficient (Wildman–Crippen LogP) is 2.04. The van der Waals surface area contributed by atoms with E-state index in [0.717, 1.165) is 5.56 Å². The van der Waals surface area contributed by atoms with Crippen LogP contribution in [-0.4, -0.2) is 16.6 Å². The van der Waals surface area contributed by atoms with E-state index in [9.17, 15) is 0 Å². The van der Waals surface area contributed by atoms with Gasteiger partial charge in [-0.25, -0.2) is 0 Å². The lowest BCUT2D eigenvalue weighted by Gasteiger charge is -2.10. The Labute approximate surface area is 106 Å². The largest absolute Gasteiger partial charge is 0.476 e. The van der Waals surface area contributed by atoms with Crippen LogP contribution in [0.4, 0.5) is 5.69 Å². The third-order valence-corrected chi connectivity index (χ3v) is 2.31. The lowest BCUT2D eigenvalue weighted by molar-refractivity contribution is 0.287. The van der Waals surface area contributed by atoms with Crippen LogP contribution in [0.25, 0.3) is 0 Å². The predicted molar refractivity (Wildman–Crippen MR) is 68.4 cm³/mol. The summed E-state index contributed by atoms with van der Waals surface area (Å²) in [4.78, 5) is 7.94. The second kappa shape index (κ2) is 5.86. The van der Waals surface area contributed by atoms with Gasteiger partial charge in [0, 0.05) is 0 Å². The summed E-state index contributed by atoms with van der Waals surface area (Å²) in [6.07, 6.45) is 1.38. The number of benzene rings is 1.